The molecule has 1 fully saturated rings. The number of esters is 2. The molecule has 12 nitrogen and oxygen atoms in total. The zero-order valence-electron chi connectivity index (χ0n) is 15.5. The fourth-order valence-electron chi connectivity index (χ4n) is 2.11. The van der Waals surface area contributed by atoms with Crippen molar-refractivity contribution in [2.24, 2.45) is 5.41 Å². The van der Waals surface area contributed by atoms with Crippen molar-refractivity contribution in [2.75, 3.05) is 27.1 Å². The number of hydrogen-bond acceptors (Lipinski definition) is 11. The third-order valence-corrected chi connectivity index (χ3v) is 5.00. The molecule has 2 rings (SSSR count). The number of amides is 1. The molecule has 1 aliphatic heterocycles. The van der Waals surface area contributed by atoms with E-state index in [1.165, 1.54) is 7.11 Å². The number of rotatable bonds is 8. The average molecular weight is 420 g/mol. The Morgan fingerprint density at radius 2 is 2.14 bits per heavy atom. The molecule has 0 spiro atoms. The predicted octanol–water partition coefficient (Wildman–Crippen LogP) is 1.03. The summed E-state index contributed by atoms with van der Waals surface area (Å²) in [5.41, 5.74) is -0.830. The molecule has 13 heteroatoms. The molecule has 1 aromatic rings. The molecular weight excluding hydrogens is 399 g/mol. The number of methoxy groups -OCH3 is 1. The van der Waals surface area contributed by atoms with E-state index in [-0.39, 0.29) is 25.3 Å². The van der Waals surface area contributed by atoms with Gasteiger partial charge in [-0.2, -0.15) is 0 Å². The number of carbonyl (C=O) groups excluding carboxylic acids is 3. The predicted molar refractivity (Wildman–Crippen MR) is 89.7 cm³/mol. The zero-order chi connectivity index (χ0) is 20.8. The average Bonchev–Trinajstić information content (AvgIpc) is 3.18. The van der Waals surface area contributed by atoms with Crippen LogP contribution >= 0.6 is 7.82 Å². The molecule has 156 valence electrons. The summed E-state index contributed by atoms with van der Waals surface area (Å²) in [6, 6.07) is 0. The number of aromatic nitrogens is 1. The minimum absolute atomic E-state index is 0.0161. The maximum Gasteiger partial charge on any atom is 0.478 e. The van der Waals surface area contributed by atoms with Crippen molar-refractivity contribution in [3.63, 3.8) is 0 Å². The molecule has 1 saturated heterocycles. The standard InChI is InChI=1S/C15H21N2O10P/c1-15(2)7-25-28(21,26-9-24-14(20)10-6-16-8-23-10)27-12(15)13(19)17-5-4-11(18)22-3/h6,8,12H,4-5,7,9H2,1-3H3,(H,17,19)/t12-,28?/m0/s1. The molecule has 0 radical (unpaired) electrons. The van der Waals surface area contributed by atoms with Crippen molar-refractivity contribution in [3.05, 3.63) is 18.4 Å². The Morgan fingerprint density at radius 1 is 1.39 bits per heavy atom. The molecule has 2 heterocycles. The van der Waals surface area contributed by atoms with Crippen molar-refractivity contribution < 1.29 is 46.4 Å². The SMILES string of the molecule is COC(=O)CCNC(=O)[C@@H]1OP(=O)(OCOC(=O)c2cnco2)OCC1(C)C. The van der Waals surface area contributed by atoms with Gasteiger partial charge in [0.15, 0.2) is 12.5 Å². The molecule has 1 aliphatic rings. The second-order valence-corrected chi connectivity index (χ2v) is 7.98. The second kappa shape index (κ2) is 9.28. The van der Waals surface area contributed by atoms with E-state index in [1.54, 1.807) is 13.8 Å². The van der Waals surface area contributed by atoms with E-state index in [2.05, 4.69) is 15.0 Å². The van der Waals surface area contributed by atoms with Gasteiger partial charge in [-0.05, 0) is 0 Å². The molecule has 1 amide bonds. The molecule has 0 saturated carbocycles. The number of oxazole rings is 1. The highest BCUT2D eigenvalue weighted by Gasteiger charge is 2.49. The van der Waals surface area contributed by atoms with Gasteiger partial charge in [-0.15, -0.1) is 0 Å². The Labute approximate surface area is 160 Å². The fraction of sp³-hybridized carbons (Fsp3) is 0.600. The number of nitrogens with zero attached hydrogens (tertiary/aromatic N) is 1. The first-order chi connectivity index (χ1) is 13.2. The Balaban J connectivity index is 1.89. The summed E-state index contributed by atoms with van der Waals surface area (Å²) >= 11 is 0. The molecule has 2 atom stereocenters. The Morgan fingerprint density at radius 3 is 2.79 bits per heavy atom. The number of nitrogens with one attached hydrogen (secondary N) is 1. The monoisotopic (exact) mass is 420 g/mol. The lowest BCUT2D eigenvalue weighted by Crippen LogP contribution is -2.50. The lowest BCUT2D eigenvalue weighted by molar-refractivity contribution is -0.144. The molecular formula is C15H21N2O10P. The number of hydrogen-bond donors (Lipinski definition) is 1. The van der Waals surface area contributed by atoms with E-state index in [9.17, 15) is 18.9 Å². The number of ether oxygens (including phenoxy) is 2. The summed E-state index contributed by atoms with van der Waals surface area (Å²) in [6.07, 6.45) is 0.959. The third kappa shape index (κ3) is 5.86. The van der Waals surface area contributed by atoms with Crippen LogP contribution in [0.5, 0.6) is 0 Å². The summed E-state index contributed by atoms with van der Waals surface area (Å²) in [4.78, 5) is 38.7. The van der Waals surface area contributed by atoms with E-state index >= 15 is 0 Å². The first-order valence-corrected chi connectivity index (χ1v) is 9.60. The van der Waals surface area contributed by atoms with E-state index in [0.29, 0.717) is 0 Å². The Bertz CT molecular complexity index is 748. The van der Waals surface area contributed by atoms with E-state index in [1.807, 2.05) is 0 Å². The van der Waals surface area contributed by atoms with Gasteiger partial charge in [0.1, 0.15) is 0 Å². The summed E-state index contributed by atoms with van der Waals surface area (Å²) in [5, 5.41) is 2.50. The van der Waals surface area contributed by atoms with Crippen molar-refractivity contribution in [1.29, 1.82) is 0 Å². The lowest BCUT2D eigenvalue weighted by Gasteiger charge is -2.39. The van der Waals surface area contributed by atoms with Crippen LogP contribution in [0.3, 0.4) is 0 Å². The van der Waals surface area contributed by atoms with Crippen LogP contribution in [-0.4, -0.2) is 56.0 Å². The first-order valence-electron chi connectivity index (χ1n) is 8.14. The maximum absolute atomic E-state index is 12.6. The van der Waals surface area contributed by atoms with Gasteiger partial charge < -0.3 is 19.2 Å². The summed E-state index contributed by atoms with van der Waals surface area (Å²) in [5.74, 6) is -2.15. The van der Waals surface area contributed by atoms with E-state index in [4.69, 9.17) is 22.7 Å². The highest BCUT2D eigenvalue weighted by Crippen LogP contribution is 2.57. The molecule has 0 bridgehead atoms. The Kier molecular flexibility index (Phi) is 7.30. The molecule has 1 aromatic heterocycles. The quantitative estimate of drug-likeness (QED) is 0.364. The van der Waals surface area contributed by atoms with Crippen LogP contribution in [0.1, 0.15) is 30.8 Å². The van der Waals surface area contributed by atoms with Crippen molar-refractivity contribution in [2.45, 2.75) is 26.4 Å². The molecule has 0 aromatic carbocycles. The topological polar surface area (TPSA) is 152 Å². The smallest absolute Gasteiger partial charge is 0.469 e. The van der Waals surface area contributed by atoms with Gasteiger partial charge in [-0.25, -0.2) is 18.9 Å². The van der Waals surface area contributed by atoms with Gasteiger partial charge >= 0.3 is 19.8 Å². The molecule has 1 N–H and O–H groups in total. The normalized spacial score (nSPS) is 23.6. The van der Waals surface area contributed by atoms with E-state index < -0.39 is 44.0 Å². The van der Waals surface area contributed by atoms with Crippen LogP contribution in [0, 0.1) is 5.41 Å². The minimum Gasteiger partial charge on any atom is -0.469 e. The largest absolute Gasteiger partial charge is 0.478 e. The number of phosphoric acid groups is 1. The van der Waals surface area contributed by atoms with Crippen LogP contribution in [0.4, 0.5) is 0 Å². The Hall–Kier alpha value is -2.27. The molecule has 1 unspecified atom stereocenters. The van der Waals surface area contributed by atoms with Crippen molar-refractivity contribution in [3.8, 4) is 0 Å². The highest BCUT2D eigenvalue weighted by atomic mass is 31.2. The van der Waals surface area contributed by atoms with Crippen molar-refractivity contribution in [1.82, 2.24) is 10.3 Å². The number of carbonyl (C=O) groups is 3. The third-order valence-electron chi connectivity index (χ3n) is 3.67. The van der Waals surface area contributed by atoms with Crippen LogP contribution < -0.4 is 5.32 Å². The van der Waals surface area contributed by atoms with Gasteiger partial charge in [0.05, 0.1) is 26.3 Å². The summed E-state index contributed by atoms with van der Waals surface area (Å²) in [6.45, 7) is 2.49. The van der Waals surface area contributed by atoms with Gasteiger partial charge in [0, 0.05) is 12.0 Å². The number of phosphoric ester groups is 1. The maximum atomic E-state index is 12.6. The second-order valence-electron chi connectivity index (χ2n) is 6.36. The van der Waals surface area contributed by atoms with E-state index in [0.717, 1.165) is 12.6 Å². The van der Waals surface area contributed by atoms with Gasteiger partial charge in [0.2, 0.25) is 18.5 Å². The molecule has 0 aliphatic carbocycles. The van der Waals surface area contributed by atoms with Crippen LogP contribution in [0.15, 0.2) is 17.0 Å². The minimum atomic E-state index is -4.17. The van der Waals surface area contributed by atoms with Crippen LogP contribution in [-0.2, 0) is 37.2 Å². The highest BCUT2D eigenvalue weighted by molar-refractivity contribution is 7.48. The lowest BCUT2D eigenvalue weighted by atomic mass is 9.87. The van der Waals surface area contributed by atoms with Gasteiger partial charge in [-0.3, -0.25) is 18.6 Å². The first kappa shape index (κ1) is 22.0. The summed E-state index contributed by atoms with van der Waals surface area (Å²) in [7, 11) is -2.94. The van der Waals surface area contributed by atoms with Gasteiger partial charge in [0.25, 0.3) is 0 Å². The van der Waals surface area contributed by atoms with Gasteiger partial charge in [-0.1, -0.05) is 13.8 Å². The van der Waals surface area contributed by atoms with Crippen LogP contribution in [0.25, 0.3) is 0 Å². The van der Waals surface area contributed by atoms with Crippen LogP contribution in [0.2, 0.25) is 0 Å². The zero-order valence-corrected chi connectivity index (χ0v) is 16.4. The van der Waals surface area contributed by atoms with Crippen molar-refractivity contribution >= 4 is 25.7 Å². The fourth-order valence-corrected chi connectivity index (χ4v) is 3.62. The summed E-state index contributed by atoms with van der Waals surface area (Å²) < 4.78 is 41.8. The molecule has 28 heavy (non-hydrogen) atoms.